The van der Waals surface area contributed by atoms with Crippen molar-refractivity contribution in [2.45, 2.75) is 33.0 Å². The largest absolute Gasteiger partial charge is 0.332 e. The molecular formula is C20H18F2N4O2. The summed E-state index contributed by atoms with van der Waals surface area (Å²) in [4.78, 5) is 32.2. The van der Waals surface area contributed by atoms with E-state index in [1.165, 1.54) is 11.0 Å². The monoisotopic (exact) mass is 384 g/mol. The summed E-state index contributed by atoms with van der Waals surface area (Å²) in [5.41, 5.74) is 2.26. The zero-order valence-electron chi connectivity index (χ0n) is 15.3. The zero-order valence-corrected chi connectivity index (χ0v) is 15.3. The van der Waals surface area contributed by atoms with Gasteiger partial charge in [-0.15, -0.1) is 0 Å². The van der Waals surface area contributed by atoms with Crippen molar-refractivity contribution in [1.82, 2.24) is 14.5 Å². The van der Waals surface area contributed by atoms with Crippen molar-refractivity contribution in [2.24, 2.45) is 0 Å². The molecule has 0 spiro atoms. The average Bonchev–Trinajstić information content (AvgIpc) is 3.13. The number of para-hydroxylation sites is 2. The van der Waals surface area contributed by atoms with Crippen LogP contribution in [0.15, 0.2) is 48.5 Å². The minimum Gasteiger partial charge on any atom is -0.282 e. The Morgan fingerprint density at radius 1 is 1.07 bits per heavy atom. The van der Waals surface area contributed by atoms with E-state index in [1.54, 1.807) is 37.3 Å². The highest BCUT2D eigenvalue weighted by molar-refractivity contribution is 6.13. The van der Waals surface area contributed by atoms with Gasteiger partial charge in [0.1, 0.15) is 11.9 Å². The van der Waals surface area contributed by atoms with Gasteiger partial charge in [0.2, 0.25) is 0 Å². The van der Waals surface area contributed by atoms with Crippen LogP contribution in [-0.2, 0) is 11.3 Å². The number of aryl methyl sites for hydroxylation is 1. The third-order valence-corrected chi connectivity index (χ3v) is 4.92. The van der Waals surface area contributed by atoms with Gasteiger partial charge in [0.15, 0.2) is 0 Å². The van der Waals surface area contributed by atoms with Crippen molar-refractivity contribution < 1.29 is 18.4 Å². The summed E-state index contributed by atoms with van der Waals surface area (Å²) < 4.78 is 28.0. The molecule has 0 unspecified atom stereocenters. The number of aromatic nitrogens is 2. The summed E-state index contributed by atoms with van der Waals surface area (Å²) in [5.74, 6) is -0.477. The van der Waals surface area contributed by atoms with Gasteiger partial charge in [0.05, 0.1) is 17.6 Å². The van der Waals surface area contributed by atoms with Gasteiger partial charge < -0.3 is 0 Å². The van der Waals surface area contributed by atoms with Gasteiger partial charge in [-0.2, -0.15) is 8.78 Å². The molecular weight excluding hydrogens is 366 g/mol. The quantitative estimate of drug-likeness (QED) is 0.637. The molecule has 0 N–H and O–H groups in total. The lowest BCUT2D eigenvalue weighted by atomic mass is 10.2. The molecule has 2 aromatic carbocycles. The van der Waals surface area contributed by atoms with Gasteiger partial charge in [0.25, 0.3) is 5.91 Å². The number of imide groups is 1. The summed E-state index contributed by atoms with van der Waals surface area (Å²) in [6.07, 6.45) is 0. The molecule has 1 saturated heterocycles. The SMILES string of the molecule is Cc1ccc(N2C(=O)N(Cc3nc4ccccc4n3C(F)F)C(=O)[C@@H]2C)cc1. The van der Waals surface area contributed by atoms with Crippen molar-refractivity contribution in [3.05, 3.63) is 59.9 Å². The van der Waals surface area contributed by atoms with Crippen LogP contribution in [0.3, 0.4) is 0 Å². The molecule has 1 aliphatic heterocycles. The number of amides is 3. The maximum Gasteiger partial charge on any atom is 0.332 e. The summed E-state index contributed by atoms with van der Waals surface area (Å²) in [5, 5.41) is 0. The van der Waals surface area contributed by atoms with Gasteiger partial charge in [-0.3, -0.25) is 19.2 Å². The lowest BCUT2D eigenvalue weighted by Crippen LogP contribution is -2.34. The second-order valence-corrected chi connectivity index (χ2v) is 6.75. The predicted molar refractivity (Wildman–Crippen MR) is 100 cm³/mol. The molecule has 28 heavy (non-hydrogen) atoms. The van der Waals surface area contributed by atoms with E-state index in [1.807, 2.05) is 19.1 Å². The number of carbonyl (C=O) groups excluding carboxylic acids is 2. The molecule has 1 atom stereocenters. The van der Waals surface area contributed by atoms with Crippen LogP contribution in [0.4, 0.5) is 19.3 Å². The summed E-state index contributed by atoms with van der Waals surface area (Å²) in [7, 11) is 0. The number of hydrogen-bond donors (Lipinski definition) is 0. The Hall–Kier alpha value is -3.29. The van der Waals surface area contributed by atoms with Crippen molar-refractivity contribution in [2.75, 3.05) is 4.90 Å². The third kappa shape index (κ3) is 2.81. The number of fused-ring (bicyclic) bond motifs is 1. The molecule has 1 aliphatic rings. The fraction of sp³-hybridized carbons (Fsp3) is 0.250. The van der Waals surface area contributed by atoms with Crippen molar-refractivity contribution in [3.8, 4) is 0 Å². The maximum absolute atomic E-state index is 13.6. The van der Waals surface area contributed by atoms with Gasteiger partial charge in [-0.05, 0) is 38.1 Å². The molecule has 2 heterocycles. The third-order valence-electron chi connectivity index (χ3n) is 4.92. The molecule has 3 aromatic rings. The first kappa shape index (κ1) is 18.1. The molecule has 4 rings (SSSR count). The lowest BCUT2D eigenvalue weighted by Gasteiger charge is -2.19. The Bertz CT molecular complexity index is 1060. The minimum absolute atomic E-state index is 0.0316. The number of imidazole rings is 1. The second kappa shape index (κ2) is 6.70. The molecule has 3 amide bonds. The minimum atomic E-state index is -2.83. The molecule has 0 radical (unpaired) electrons. The zero-order chi connectivity index (χ0) is 20.0. The van der Waals surface area contributed by atoms with Crippen LogP contribution in [0.2, 0.25) is 0 Å². The van der Waals surface area contributed by atoms with Crippen LogP contribution < -0.4 is 4.90 Å². The van der Waals surface area contributed by atoms with Crippen molar-refractivity contribution >= 4 is 28.7 Å². The maximum atomic E-state index is 13.6. The smallest absolute Gasteiger partial charge is 0.282 e. The van der Waals surface area contributed by atoms with E-state index in [2.05, 4.69) is 4.98 Å². The molecule has 1 fully saturated rings. The number of benzene rings is 2. The summed E-state index contributed by atoms with van der Waals surface area (Å²) in [6, 6.07) is 12.4. The first-order valence-electron chi connectivity index (χ1n) is 8.83. The number of hydrogen-bond acceptors (Lipinski definition) is 3. The number of nitrogens with zero attached hydrogens (tertiary/aromatic N) is 4. The molecule has 144 valence electrons. The Morgan fingerprint density at radius 3 is 2.43 bits per heavy atom. The molecule has 0 saturated carbocycles. The highest BCUT2D eigenvalue weighted by atomic mass is 19.3. The van der Waals surface area contributed by atoms with E-state index in [4.69, 9.17) is 0 Å². The Balaban J connectivity index is 1.70. The normalized spacial score (nSPS) is 17.4. The van der Waals surface area contributed by atoms with E-state index in [0.29, 0.717) is 11.2 Å². The van der Waals surface area contributed by atoms with Gasteiger partial charge in [0, 0.05) is 5.69 Å². The number of urea groups is 1. The van der Waals surface area contributed by atoms with E-state index in [9.17, 15) is 18.4 Å². The predicted octanol–water partition coefficient (Wildman–Crippen LogP) is 4.10. The lowest BCUT2D eigenvalue weighted by molar-refractivity contribution is -0.127. The molecule has 1 aromatic heterocycles. The van der Waals surface area contributed by atoms with Gasteiger partial charge in [-0.25, -0.2) is 9.78 Å². The Labute approximate surface area is 160 Å². The summed E-state index contributed by atoms with van der Waals surface area (Å²) >= 11 is 0. The number of halogens is 2. The number of carbonyl (C=O) groups is 2. The van der Waals surface area contributed by atoms with E-state index in [0.717, 1.165) is 15.0 Å². The Kier molecular flexibility index (Phi) is 4.33. The van der Waals surface area contributed by atoms with Crippen LogP contribution in [0.25, 0.3) is 11.0 Å². The van der Waals surface area contributed by atoms with Gasteiger partial charge >= 0.3 is 12.6 Å². The first-order chi connectivity index (χ1) is 13.4. The number of alkyl halides is 2. The van der Waals surface area contributed by atoms with Gasteiger partial charge in [-0.1, -0.05) is 29.8 Å². The standard InChI is InChI=1S/C20H18F2N4O2/c1-12-7-9-14(10-8-12)25-13(2)18(27)24(20(25)28)11-17-23-15-5-3-4-6-16(15)26(17)19(21)22/h3-10,13,19H,11H2,1-2H3/t13-/m0/s1. The van der Waals surface area contributed by atoms with Crippen LogP contribution in [0, 0.1) is 6.92 Å². The fourth-order valence-electron chi connectivity index (χ4n) is 3.48. The summed E-state index contributed by atoms with van der Waals surface area (Å²) in [6.45, 7) is 0.394. The molecule has 6 nitrogen and oxygen atoms in total. The highest BCUT2D eigenvalue weighted by Crippen LogP contribution is 2.29. The van der Waals surface area contributed by atoms with E-state index >= 15 is 0 Å². The first-order valence-corrected chi connectivity index (χ1v) is 8.83. The fourth-order valence-corrected chi connectivity index (χ4v) is 3.48. The molecule has 0 aliphatic carbocycles. The van der Waals surface area contributed by atoms with Crippen LogP contribution >= 0.6 is 0 Å². The number of anilines is 1. The van der Waals surface area contributed by atoms with E-state index < -0.39 is 24.5 Å². The highest BCUT2D eigenvalue weighted by Gasteiger charge is 2.44. The average molecular weight is 384 g/mol. The second-order valence-electron chi connectivity index (χ2n) is 6.75. The van der Waals surface area contributed by atoms with Crippen LogP contribution in [0.1, 0.15) is 24.9 Å². The molecule has 8 heteroatoms. The van der Waals surface area contributed by atoms with Crippen molar-refractivity contribution in [3.63, 3.8) is 0 Å². The van der Waals surface area contributed by atoms with Crippen LogP contribution in [-0.4, -0.2) is 32.4 Å². The van der Waals surface area contributed by atoms with Crippen LogP contribution in [0.5, 0.6) is 0 Å². The number of rotatable bonds is 4. The van der Waals surface area contributed by atoms with E-state index in [-0.39, 0.29) is 17.9 Å². The topological polar surface area (TPSA) is 58.4 Å². The molecule has 0 bridgehead atoms. The Morgan fingerprint density at radius 2 is 1.75 bits per heavy atom. The van der Waals surface area contributed by atoms with Crippen molar-refractivity contribution in [1.29, 1.82) is 0 Å².